The number of ether oxygens (including phenoxy) is 1. The van der Waals surface area contributed by atoms with Gasteiger partial charge in [0.25, 0.3) is 15.9 Å². The molecule has 6 nitrogen and oxygen atoms in total. The maximum Gasteiger partial charge on any atom is 0.261 e. The van der Waals surface area contributed by atoms with Gasteiger partial charge in [-0.2, -0.15) is 0 Å². The maximum absolute atomic E-state index is 13.2. The van der Waals surface area contributed by atoms with Crippen molar-refractivity contribution in [3.63, 3.8) is 0 Å². The van der Waals surface area contributed by atoms with Crippen LogP contribution in [0.25, 0.3) is 0 Å². The highest BCUT2D eigenvalue weighted by Crippen LogP contribution is 2.28. The Morgan fingerprint density at radius 2 is 1.80 bits per heavy atom. The quantitative estimate of drug-likeness (QED) is 0.738. The van der Waals surface area contributed by atoms with Crippen molar-refractivity contribution in [3.8, 4) is 5.75 Å². The molecule has 3 rings (SSSR count). The van der Waals surface area contributed by atoms with E-state index in [4.69, 9.17) is 4.74 Å². The van der Waals surface area contributed by atoms with Gasteiger partial charge in [0.2, 0.25) is 0 Å². The molecule has 7 heteroatoms. The second kappa shape index (κ2) is 9.51. The summed E-state index contributed by atoms with van der Waals surface area (Å²) < 4.78 is 34.4. The lowest BCUT2D eigenvalue weighted by Crippen LogP contribution is -2.32. The lowest BCUT2D eigenvalue weighted by atomic mass is 10.1. The van der Waals surface area contributed by atoms with Crippen LogP contribution in [-0.2, 0) is 16.4 Å². The fourth-order valence-electron chi connectivity index (χ4n) is 3.83. The van der Waals surface area contributed by atoms with Crippen molar-refractivity contribution in [3.05, 3.63) is 53.1 Å². The van der Waals surface area contributed by atoms with Crippen LogP contribution in [0.15, 0.2) is 41.3 Å². The van der Waals surface area contributed by atoms with Crippen LogP contribution < -0.4 is 9.46 Å². The predicted octanol–water partition coefficient (Wildman–Crippen LogP) is 4.38. The van der Waals surface area contributed by atoms with Crippen molar-refractivity contribution < 1.29 is 17.9 Å². The number of para-hydroxylation sites is 1. The van der Waals surface area contributed by atoms with Crippen LogP contribution in [0, 0.1) is 6.92 Å². The number of carbonyl (C=O) groups is 1. The van der Waals surface area contributed by atoms with Crippen molar-refractivity contribution >= 4 is 21.6 Å². The Labute approximate surface area is 179 Å². The summed E-state index contributed by atoms with van der Waals surface area (Å²) in [5.74, 6) is 0.198. The Bertz CT molecular complexity index is 1010. The first kappa shape index (κ1) is 22.2. The number of hydrogen-bond donors (Lipinski definition) is 1. The molecule has 1 saturated heterocycles. The normalized spacial score (nSPS) is 14.8. The van der Waals surface area contributed by atoms with Gasteiger partial charge in [0.05, 0.1) is 23.3 Å². The number of aryl methyl sites for hydroxylation is 2. The molecule has 0 bridgehead atoms. The Morgan fingerprint density at radius 3 is 2.43 bits per heavy atom. The number of nitrogens with one attached hydrogen (secondary N) is 1. The fraction of sp³-hybridized carbons (Fsp3) is 0.435. The highest BCUT2D eigenvalue weighted by molar-refractivity contribution is 7.92. The minimum absolute atomic E-state index is 0.0479. The number of likely N-dealkylation sites (tertiary alicyclic amines) is 1. The lowest BCUT2D eigenvalue weighted by molar-refractivity contribution is 0.0758. The molecular formula is C23H30N2O4S. The molecule has 0 aromatic heterocycles. The zero-order valence-corrected chi connectivity index (χ0v) is 18.7. The van der Waals surface area contributed by atoms with Gasteiger partial charge in [-0.25, -0.2) is 8.42 Å². The van der Waals surface area contributed by atoms with Crippen LogP contribution >= 0.6 is 0 Å². The molecule has 0 saturated carbocycles. The van der Waals surface area contributed by atoms with E-state index in [1.54, 1.807) is 11.0 Å². The molecular weight excluding hydrogens is 400 g/mol. The van der Waals surface area contributed by atoms with E-state index in [1.165, 1.54) is 19.2 Å². The number of benzene rings is 2. The number of anilines is 1. The summed E-state index contributed by atoms with van der Waals surface area (Å²) in [5, 5.41) is 0. The summed E-state index contributed by atoms with van der Waals surface area (Å²) in [6.45, 7) is 5.22. The van der Waals surface area contributed by atoms with E-state index in [0.29, 0.717) is 30.9 Å². The van der Waals surface area contributed by atoms with Gasteiger partial charge in [-0.3, -0.25) is 9.52 Å². The minimum Gasteiger partial charge on any atom is -0.496 e. The van der Waals surface area contributed by atoms with E-state index in [0.717, 1.165) is 36.8 Å². The summed E-state index contributed by atoms with van der Waals surface area (Å²) in [7, 11) is -2.38. The predicted molar refractivity (Wildman–Crippen MR) is 119 cm³/mol. The van der Waals surface area contributed by atoms with E-state index >= 15 is 0 Å². The zero-order chi connectivity index (χ0) is 21.7. The van der Waals surface area contributed by atoms with E-state index < -0.39 is 10.0 Å². The van der Waals surface area contributed by atoms with Gasteiger partial charge in [-0.1, -0.05) is 38.0 Å². The van der Waals surface area contributed by atoms with Crippen molar-refractivity contribution in [2.45, 2.75) is 50.8 Å². The number of amides is 1. The molecule has 1 amide bonds. The smallest absolute Gasteiger partial charge is 0.261 e. The molecule has 1 aliphatic heterocycles. The minimum atomic E-state index is -3.86. The topological polar surface area (TPSA) is 75.7 Å². The van der Waals surface area contributed by atoms with E-state index in [1.807, 2.05) is 32.0 Å². The van der Waals surface area contributed by atoms with Gasteiger partial charge >= 0.3 is 0 Å². The molecule has 1 heterocycles. The molecule has 1 N–H and O–H groups in total. The molecule has 162 valence electrons. The molecule has 1 fully saturated rings. The Kier molecular flexibility index (Phi) is 7.02. The van der Waals surface area contributed by atoms with Gasteiger partial charge in [0.1, 0.15) is 5.75 Å². The molecule has 1 aliphatic rings. The van der Waals surface area contributed by atoms with Gasteiger partial charge < -0.3 is 9.64 Å². The molecule has 0 radical (unpaired) electrons. The molecule has 0 spiro atoms. The third kappa shape index (κ3) is 4.78. The molecule has 2 aromatic rings. The van der Waals surface area contributed by atoms with Crippen LogP contribution in [0.2, 0.25) is 0 Å². The molecule has 0 aliphatic carbocycles. The highest BCUT2D eigenvalue weighted by Gasteiger charge is 2.24. The van der Waals surface area contributed by atoms with Crippen LogP contribution in [0.3, 0.4) is 0 Å². The summed E-state index contributed by atoms with van der Waals surface area (Å²) in [6.07, 6.45) is 4.84. The van der Waals surface area contributed by atoms with Crippen molar-refractivity contribution in [1.82, 2.24) is 4.90 Å². The molecule has 0 atom stereocenters. The number of nitrogens with zero attached hydrogens (tertiary/aromatic N) is 1. The van der Waals surface area contributed by atoms with Gasteiger partial charge in [0.15, 0.2) is 0 Å². The third-order valence-electron chi connectivity index (χ3n) is 5.58. The summed E-state index contributed by atoms with van der Waals surface area (Å²) in [6, 6.07) is 10.2. The van der Waals surface area contributed by atoms with Crippen LogP contribution in [-0.4, -0.2) is 39.4 Å². The van der Waals surface area contributed by atoms with E-state index in [9.17, 15) is 13.2 Å². The van der Waals surface area contributed by atoms with Gasteiger partial charge in [-0.15, -0.1) is 0 Å². The second-order valence-electron chi connectivity index (χ2n) is 7.64. The molecule has 30 heavy (non-hydrogen) atoms. The van der Waals surface area contributed by atoms with E-state index in [2.05, 4.69) is 4.72 Å². The second-order valence-corrected chi connectivity index (χ2v) is 9.32. The first-order valence-electron chi connectivity index (χ1n) is 10.5. The Hall–Kier alpha value is -2.54. The van der Waals surface area contributed by atoms with Crippen molar-refractivity contribution in [2.75, 3.05) is 24.9 Å². The van der Waals surface area contributed by atoms with Crippen LogP contribution in [0.1, 0.15) is 54.1 Å². The Balaban J connectivity index is 1.96. The highest BCUT2D eigenvalue weighted by atomic mass is 32.2. The molecule has 2 aromatic carbocycles. The number of methoxy groups -OCH3 is 1. The van der Waals surface area contributed by atoms with Gasteiger partial charge in [-0.05, 0) is 55.5 Å². The first-order chi connectivity index (χ1) is 14.4. The van der Waals surface area contributed by atoms with Crippen molar-refractivity contribution in [2.24, 2.45) is 0 Å². The standard InChI is InChI=1S/C23H30N2O4S/c1-4-18-11-9-10-17(2)22(18)24-30(27,28)19-12-13-21(29-3)20(16-19)23(26)25-14-7-5-6-8-15-25/h9-13,16,24H,4-8,14-15H2,1-3H3. The van der Waals surface area contributed by atoms with Crippen molar-refractivity contribution in [1.29, 1.82) is 0 Å². The van der Waals surface area contributed by atoms with Crippen LogP contribution in [0.4, 0.5) is 5.69 Å². The number of carbonyl (C=O) groups excluding carboxylic acids is 1. The number of rotatable bonds is 6. The van der Waals surface area contributed by atoms with E-state index in [-0.39, 0.29) is 16.4 Å². The maximum atomic E-state index is 13.2. The Morgan fingerprint density at radius 1 is 1.10 bits per heavy atom. The van der Waals surface area contributed by atoms with Gasteiger partial charge in [0, 0.05) is 13.1 Å². The van der Waals surface area contributed by atoms with Crippen LogP contribution in [0.5, 0.6) is 5.75 Å². The first-order valence-corrected chi connectivity index (χ1v) is 11.9. The lowest BCUT2D eigenvalue weighted by Gasteiger charge is -2.22. The third-order valence-corrected chi connectivity index (χ3v) is 6.93. The average Bonchev–Trinajstić information content (AvgIpc) is 3.03. The summed E-state index contributed by atoms with van der Waals surface area (Å²) in [5.41, 5.74) is 2.65. The number of sulfonamides is 1. The SMILES string of the molecule is CCc1cccc(C)c1NS(=O)(=O)c1ccc(OC)c(C(=O)N2CCCCCC2)c1. The summed E-state index contributed by atoms with van der Waals surface area (Å²) in [4.78, 5) is 15.0. The zero-order valence-electron chi connectivity index (χ0n) is 17.9. The largest absolute Gasteiger partial charge is 0.496 e. The molecule has 0 unspecified atom stereocenters. The number of hydrogen-bond acceptors (Lipinski definition) is 4. The monoisotopic (exact) mass is 430 g/mol. The fourth-order valence-corrected chi connectivity index (χ4v) is 5.03. The summed E-state index contributed by atoms with van der Waals surface area (Å²) >= 11 is 0. The average molecular weight is 431 g/mol.